The molecule has 0 radical (unpaired) electrons. The highest BCUT2D eigenvalue weighted by Gasteiger charge is 2.43. The summed E-state index contributed by atoms with van der Waals surface area (Å²) < 4.78 is 23.5. The number of carbonyl (C=O) groups excluding carboxylic acids is 1. The molecule has 1 aliphatic rings. The summed E-state index contributed by atoms with van der Waals surface area (Å²) in [6.07, 6.45) is 3.17. The number of aliphatic carboxylic acids is 1. The number of nitrogens with one attached hydrogen (secondary N) is 1. The van der Waals surface area contributed by atoms with E-state index in [1.807, 2.05) is 0 Å². The second-order valence-electron chi connectivity index (χ2n) is 6.14. The average Bonchev–Trinajstić information content (AvgIpc) is 2.38. The fourth-order valence-corrected chi connectivity index (χ4v) is 3.39. The van der Waals surface area contributed by atoms with Crippen LogP contribution in [0.5, 0.6) is 0 Å². The predicted octanol–water partition coefficient (Wildman–Crippen LogP) is 1.35. The number of amides is 1. The summed E-state index contributed by atoms with van der Waals surface area (Å²) in [6, 6.07) is 0. The fourth-order valence-electron chi connectivity index (χ4n) is 2.62. The molecule has 1 rings (SSSR count). The summed E-state index contributed by atoms with van der Waals surface area (Å²) in [5.74, 6) is -1.97. The first kappa shape index (κ1) is 17.9. The molecule has 0 spiro atoms. The van der Waals surface area contributed by atoms with Crippen molar-refractivity contribution < 1.29 is 23.1 Å². The number of rotatable bonds is 6. The van der Waals surface area contributed by atoms with Crippen LogP contribution in [0, 0.1) is 5.92 Å². The van der Waals surface area contributed by atoms with Crippen LogP contribution in [0.3, 0.4) is 0 Å². The van der Waals surface area contributed by atoms with E-state index in [1.54, 1.807) is 0 Å². The Kier molecular flexibility index (Phi) is 5.78. The molecule has 0 unspecified atom stereocenters. The Morgan fingerprint density at radius 3 is 2.19 bits per heavy atom. The van der Waals surface area contributed by atoms with Crippen LogP contribution < -0.4 is 5.32 Å². The molecule has 0 aliphatic heterocycles. The van der Waals surface area contributed by atoms with Crippen molar-refractivity contribution in [2.24, 2.45) is 5.92 Å². The minimum absolute atomic E-state index is 0.355. The normalized spacial score (nSPS) is 26.6. The van der Waals surface area contributed by atoms with Gasteiger partial charge in [-0.05, 0) is 45.4 Å². The fraction of sp³-hybridized carbons (Fsp3) is 0.857. The third-order valence-corrected chi connectivity index (χ3v) is 6.48. The lowest BCUT2D eigenvalue weighted by molar-refractivity contribution is -0.149. The lowest BCUT2D eigenvalue weighted by Crippen LogP contribution is -2.57. The molecule has 0 saturated heterocycles. The van der Waals surface area contributed by atoms with Gasteiger partial charge in [0.15, 0.2) is 9.84 Å². The van der Waals surface area contributed by atoms with Crippen molar-refractivity contribution in [3.05, 3.63) is 0 Å². The monoisotopic (exact) mass is 319 g/mol. The Bertz CT molecular complexity index is 489. The summed E-state index contributed by atoms with van der Waals surface area (Å²) in [6.45, 7) is 5.07. The standard InChI is InChI=1S/C14H25NO5S/c1-4-11-5-7-14(8-6-11,13(17)18)15-12(16)9-21(19,20)10(2)3/h10-11H,4-9H2,1-3H3,(H,15,16)(H,17,18). The van der Waals surface area contributed by atoms with Crippen LogP contribution in [-0.4, -0.2) is 41.9 Å². The third-order valence-electron chi connectivity index (χ3n) is 4.37. The summed E-state index contributed by atoms with van der Waals surface area (Å²) in [5.41, 5.74) is -1.31. The van der Waals surface area contributed by atoms with Gasteiger partial charge in [-0.3, -0.25) is 4.79 Å². The van der Waals surface area contributed by atoms with Crippen LogP contribution in [0.15, 0.2) is 0 Å². The number of carbonyl (C=O) groups is 2. The van der Waals surface area contributed by atoms with Gasteiger partial charge >= 0.3 is 5.97 Å². The van der Waals surface area contributed by atoms with Crippen LogP contribution in [0.25, 0.3) is 0 Å². The lowest BCUT2D eigenvalue weighted by atomic mass is 9.75. The molecule has 122 valence electrons. The van der Waals surface area contributed by atoms with Gasteiger partial charge in [-0.25, -0.2) is 13.2 Å². The highest BCUT2D eigenvalue weighted by Crippen LogP contribution is 2.34. The van der Waals surface area contributed by atoms with E-state index < -0.39 is 38.3 Å². The molecular weight excluding hydrogens is 294 g/mol. The number of carboxylic acid groups (broad SMARTS) is 1. The van der Waals surface area contributed by atoms with E-state index >= 15 is 0 Å². The number of sulfone groups is 1. The summed E-state index contributed by atoms with van der Waals surface area (Å²) in [4.78, 5) is 23.5. The van der Waals surface area contributed by atoms with Gasteiger partial charge in [0.1, 0.15) is 11.3 Å². The van der Waals surface area contributed by atoms with Crippen molar-refractivity contribution in [1.82, 2.24) is 5.32 Å². The van der Waals surface area contributed by atoms with Crippen LogP contribution in [0.2, 0.25) is 0 Å². The number of carboxylic acids is 1. The van der Waals surface area contributed by atoms with Crippen molar-refractivity contribution in [3.8, 4) is 0 Å². The van der Waals surface area contributed by atoms with Gasteiger partial charge in [-0.1, -0.05) is 13.3 Å². The van der Waals surface area contributed by atoms with E-state index in [-0.39, 0.29) is 0 Å². The van der Waals surface area contributed by atoms with Crippen LogP contribution >= 0.6 is 0 Å². The topological polar surface area (TPSA) is 101 Å². The molecule has 21 heavy (non-hydrogen) atoms. The van der Waals surface area contributed by atoms with E-state index in [1.165, 1.54) is 13.8 Å². The second-order valence-corrected chi connectivity index (χ2v) is 8.70. The van der Waals surface area contributed by atoms with Crippen LogP contribution in [-0.2, 0) is 19.4 Å². The van der Waals surface area contributed by atoms with Crippen molar-refractivity contribution in [3.63, 3.8) is 0 Å². The molecule has 0 aromatic heterocycles. The lowest BCUT2D eigenvalue weighted by Gasteiger charge is -2.37. The SMILES string of the molecule is CCC1CCC(NC(=O)CS(=O)(=O)C(C)C)(C(=O)O)CC1. The quantitative estimate of drug-likeness (QED) is 0.769. The molecular formula is C14H25NO5S. The zero-order chi connectivity index (χ0) is 16.3. The molecule has 0 atom stereocenters. The van der Waals surface area contributed by atoms with Gasteiger partial charge < -0.3 is 10.4 Å². The maximum Gasteiger partial charge on any atom is 0.329 e. The highest BCUT2D eigenvalue weighted by atomic mass is 32.2. The molecule has 6 nitrogen and oxygen atoms in total. The van der Waals surface area contributed by atoms with Gasteiger partial charge in [0, 0.05) is 0 Å². The molecule has 1 fully saturated rings. The van der Waals surface area contributed by atoms with Gasteiger partial charge in [0.05, 0.1) is 5.25 Å². The number of hydrogen-bond donors (Lipinski definition) is 2. The number of hydrogen-bond acceptors (Lipinski definition) is 4. The Morgan fingerprint density at radius 1 is 1.29 bits per heavy atom. The first-order valence-corrected chi connectivity index (χ1v) is 9.10. The second kappa shape index (κ2) is 6.77. The molecule has 1 saturated carbocycles. The van der Waals surface area contributed by atoms with Gasteiger partial charge in [-0.2, -0.15) is 0 Å². The van der Waals surface area contributed by atoms with E-state index in [2.05, 4.69) is 12.2 Å². The van der Waals surface area contributed by atoms with Crippen molar-refractivity contribution in [1.29, 1.82) is 0 Å². The molecule has 0 aromatic rings. The maximum absolute atomic E-state index is 11.9. The third kappa shape index (κ3) is 4.43. The highest BCUT2D eigenvalue weighted by molar-refractivity contribution is 7.92. The zero-order valence-corrected chi connectivity index (χ0v) is 13.7. The largest absolute Gasteiger partial charge is 0.480 e. The van der Waals surface area contributed by atoms with Crippen molar-refractivity contribution in [2.75, 3.05) is 5.75 Å². The minimum Gasteiger partial charge on any atom is -0.480 e. The Morgan fingerprint density at radius 2 is 1.81 bits per heavy atom. The van der Waals surface area contributed by atoms with E-state index in [0.717, 1.165) is 19.3 Å². The summed E-state index contributed by atoms with van der Waals surface area (Å²) in [7, 11) is -3.52. The zero-order valence-electron chi connectivity index (χ0n) is 12.9. The average molecular weight is 319 g/mol. The van der Waals surface area contributed by atoms with Gasteiger partial charge in [0.2, 0.25) is 5.91 Å². The smallest absolute Gasteiger partial charge is 0.329 e. The molecule has 1 amide bonds. The first-order chi connectivity index (χ1) is 9.63. The van der Waals surface area contributed by atoms with E-state index in [9.17, 15) is 23.1 Å². The Labute approximate surface area is 126 Å². The van der Waals surface area contributed by atoms with Gasteiger partial charge in [0.25, 0.3) is 0 Å². The van der Waals surface area contributed by atoms with Gasteiger partial charge in [-0.15, -0.1) is 0 Å². The molecule has 0 heterocycles. The van der Waals surface area contributed by atoms with E-state index in [0.29, 0.717) is 18.8 Å². The molecule has 2 N–H and O–H groups in total. The molecule has 0 aromatic carbocycles. The van der Waals surface area contributed by atoms with Crippen molar-refractivity contribution in [2.45, 2.75) is 63.7 Å². The molecule has 0 bridgehead atoms. The molecule has 1 aliphatic carbocycles. The molecule has 7 heteroatoms. The minimum atomic E-state index is -3.52. The predicted molar refractivity (Wildman–Crippen MR) is 79.7 cm³/mol. The van der Waals surface area contributed by atoms with Crippen LogP contribution in [0.1, 0.15) is 52.9 Å². The van der Waals surface area contributed by atoms with E-state index in [4.69, 9.17) is 0 Å². The van der Waals surface area contributed by atoms with Crippen molar-refractivity contribution >= 4 is 21.7 Å². The first-order valence-electron chi connectivity index (χ1n) is 7.39. The maximum atomic E-state index is 11.9. The Hall–Kier alpha value is -1.11. The summed E-state index contributed by atoms with van der Waals surface area (Å²) >= 11 is 0. The Balaban J connectivity index is 2.77. The van der Waals surface area contributed by atoms with Crippen LogP contribution in [0.4, 0.5) is 0 Å². The summed E-state index contributed by atoms with van der Waals surface area (Å²) in [5, 5.41) is 11.3.